The first-order valence-corrected chi connectivity index (χ1v) is 8.77. The molecule has 1 aliphatic heterocycles. The molecule has 1 aromatic carbocycles. The number of carbonyl (C=O) groups excluding carboxylic acids is 1. The quantitative estimate of drug-likeness (QED) is 0.717. The van der Waals surface area contributed by atoms with Gasteiger partial charge >= 0.3 is 0 Å². The number of nitrogens with zero attached hydrogens (tertiary/aromatic N) is 4. The lowest BCUT2D eigenvalue weighted by Gasteiger charge is -2.29. The van der Waals surface area contributed by atoms with E-state index in [1.807, 2.05) is 35.6 Å². The fraction of sp³-hybridized carbons (Fsp3) is 0.353. The molecule has 0 saturated carbocycles. The van der Waals surface area contributed by atoms with Gasteiger partial charge in [-0.25, -0.2) is 0 Å². The monoisotopic (exact) mass is 342 g/mol. The first-order chi connectivity index (χ1) is 11.6. The number of thiazole rings is 1. The summed E-state index contributed by atoms with van der Waals surface area (Å²) in [5.74, 6) is 1.88. The van der Waals surface area contributed by atoms with Crippen LogP contribution in [0.5, 0.6) is 5.75 Å². The van der Waals surface area contributed by atoms with Crippen LogP contribution in [0, 0.1) is 6.92 Å². The molecule has 124 valence electrons. The van der Waals surface area contributed by atoms with Crippen LogP contribution in [0.4, 0.5) is 5.69 Å². The van der Waals surface area contributed by atoms with Crippen molar-refractivity contribution in [1.29, 1.82) is 0 Å². The number of rotatable bonds is 2. The standard InChI is InChI=1S/C17H18N4O2S/c1-10(2)15-18-19-17-21(15)11(3)14(24-17)16(22)20-8-9-23-13-7-5-4-6-12(13)20/h4-7,10H,8-9H2,1-3H3. The van der Waals surface area contributed by atoms with Crippen LogP contribution in [-0.2, 0) is 0 Å². The first-order valence-electron chi connectivity index (χ1n) is 7.96. The Labute approximate surface area is 143 Å². The van der Waals surface area contributed by atoms with Gasteiger partial charge in [0.1, 0.15) is 23.1 Å². The predicted octanol–water partition coefficient (Wildman–Crippen LogP) is 3.26. The van der Waals surface area contributed by atoms with Crippen LogP contribution in [0.15, 0.2) is 24.3 Å². The van der Waals surface area contributed by atoms with Crippen molar-refractivity contribution < 1.29 is 9.53 Å². The van der Waals surface area contributed by atoms with E-state index in [1.54, 1.807) is 4.90 Å². The second-order valence-corrected chi connectivity index (χ2v) is 7.10. The van der Waals surface area contributed by atoms with Crippen molar-refractivity contribution in [1.82, 2.24) is 14.6 Å². The number of carbonyl (C=O) groups is 1. The number of fused-ring (bicyclic) bond motifs is 2. The molecule has 7 heteroatoms. The molecule has 0 bridgehead atoms. The van der Waals surface area contributed by atoms with Crippen molar-refractivity contribution in [2.24, 2.45) is 0 Å². The van der Waals surface area contributed by atoms with Gasteiger partial charge in [-0.15, -0.1) is 10.2 Å². The van der Waals surface area contributed by atoms with Gasteiger partial charge in [0, 0.05) is 11.6 Å². The molecule has 24 heavy (non-hydrogen) atoms. The number of hydrogen-bond acceptors (Lipinski definition) is 5. The Kier molecular flexibility index (Phi) is 3.53. The van der Waals surface area contributed by atoms with Gasteiger partial charge in [0.2, 0.25) is 4.96 Å². The lowest BCUT2D eigenvalue weighted by atomic mass is 10.2. The van der Waals surface area contributed by atoms with Gasteiger partial charge in [0.05, 0.1) is 12.2 Å². The Bertz CT molecular complexity index is 928. The number of hydrogen-bond donors (Lipinski definition) is 0. The Hall–Kier alpha value is -2.41. The van der Waals surface area contributed by atoms with E-state index in [4.69, 9.17) is 4.74 Å². The molecule has 0 fully saturated rings. The van der Waals surface area contributed by atoms with Gasteiger partial charge in [-0.2, -0.15) is 0 Å². The SMILES string of the molecule is Cc1c(C(=O)N2CCOc3ccccc32)sc2nnc(C(C)C)n12. The molecule has 0 unspecified atom stereocenters. The largest absolute Gasteiger partial charge is 0.490 e. The summed E-state index contributed by atoms with van der Waals surface area (Å²) in [5.41, 5.74) is 1.72. The summed E-state index contributed by atoms with van der Waals surface area (Å²) in [6.45, 7) is 7.16. The zero-order valence-electron chi connectivity index (χ0n) is 13.8. The summed E-state index contributed by atoms with van der Waals surface area (Å²) in [4.78, 5) is 16.4. The minimum Gasteiger partial charge on any atom is -0.490 e. The third kappa shape index (κ3) is 2.19. The zero-order valence-corrected chi connectivity index (χ0v) is 14.6. The predicted molar refractivity (Wildman–Crippen MR) is 93.3 cm³/mol. The molecule has 3 heterocycles. The number of ether oxygens (including phenoxy) is 1. The van der Waals surface area contributed by atoms with E-state index in [0.717, 1.165) is 27.9 Å². The average molecular weight is 342 g/mol. The second-order valence-electron chi connectivity index (χ2n) is 6.12. The maximum atomic E-state index is 13.2. The lowest BCUT2D eigenvalue weighted by molar-refractivity contribution is 0.0979. The third-order valence-corrected chi connectivity index (χ3v) is 5.32. The van der Waals surface area contributed by atoms with Crippen LogP contribution < -0.4 is 9.64 Å². The molecular weight excluding hydrogens is 324 g/mol. The highest BCUT2D eigenvalue weighted by molar-refractivity contribution is 7.19. The minimum absolute atomic E-state index is 0.00606. The van der Waals surface area contributed by atoms with Gasteiger partial charge in [0.25, 0.3) is 5.91 Å². The number of para-hydroxylation sites is 2. The van der Waals surface area contributed by atoms with Crippen molar-refractivity contribution in [3.8, 4) is 5.75 Å². The Morgan fingerprint density at radius 3 is 2.88 bits per heavy atom. The van der Waals surface area contributed by atoms with Crippen molar-refractivity contribution in [2.75, 3.05) is 18.1 Å². The van der Waals surface area contributed by atoms with Crippen molar-refractivity contribution in [3.63, 3.8) is 0 Å². The van der Waals surface area contributed by atoms with E-state index < -0.39 is 0 Å². The summed E-state index contributed by atoms with van der Waals surface area (Å²) < 4.78 is 7.64. The van der Waals surface area contributed by atoms with Gasteiger partial charge in [-0.1, -0.05) is 37.3 Å². The van der Waals surface area contributed by atoms with E-state index >= 15 is 0 Å². The normalized spacial score (nSPS) is 14.1. The molecule has 0 aliphatic carbocycles. The Morgan fingerprint density at radius 1 is 1.29 bits per heavy atom. The van der Waals surface area contributed by atoms with Gasteiger partial charge in [-0.3, -0.25) is 9.20 Å². The molecule has 0 spiro atoms. The number of aromatic nitrogens is 3. The minimum atomic E-state index is -0.00606. The van der Waals surface area contributed by atoms with E-state index in [0.29, 0.717) is 18.0 Å². The highest BCUT2D eigenvalue weighted by Crippen LogP contribution is 2.34. The van der Waals surface area contributed by atoms with Crippen LogP contribution >= 0.6 is 11.3 Å². The van der Waals surface area contributed by atoms with Gasteiger partial charge < -0.3 is 9.64 Å². The van der Waals surface area contributed by atoms with Crippen LogP contribution in [0.25, 0.3) is 4.96 Å². The van der Waals surface area contributed by atoms with Crippen LogP contribution in [0.1, 0.15) is 41.0 Å². The van der Waals surface area contributed by atoms with Crippen LogP contribution in [0.3, 0.4) is 0 Å². The molecule has 6 nitrogen and oxygen atoms in total. The van der Waals surface area contributed by atoms with Crippen LogP contribution in [0.2, 0.25) is 0 Å². The summed E-state index contributed by atoms with van der Waals surface area (Å²) in [6, 6.07) is 7.64. The fourth-order valence-corrected chi connectivity index (χ4v) is 4.03. The first kappa shape index (κ1) is 15.1. The van der Waals surface area contributed by atoms with Crippen LogP contribution in [-0.4, -0.2) is 33.7 Å². The molecule has 1 aliphatic rings. The molecule has 1 amide bonds. The maximum absolute atomic E-state index is 13.2. The molecule has 0 saturated heterocycles. The summed E-state index contributed by atoms with van der Waals surface area (Å²) in [7, 11) is 0. The van der Waals surface area contributed by atoms with E-state index in [9.17, 15) is 4.79 Å². The Balaban J connectivity index is 1.79. The fourth-order valence-electron chi connectivity index (χ4n) is 3.00. The Morgan fingerprint density at radius 2 is 2.08 bits per heavy atom. The van der Waals surface area contributed by atoms with E-state index in [2.05, 4.69) is 24.0 Å². The zero-order chi connectivity index (χ0) is 16.8. The van der Waals surface area contributed by atoms with E-state index in [1.165, 1.54) is 11.3 Å². The lowest BCUT2D eigenvalue weighted by Crippen LogP contribution is -2.37. The highest BCUT2D eigenvalue weighted by Gasteiger charge is 2.28. The number of aryl methyl sites for hydroxylation is 1. The number of amides is 1. The summed E-state index contributed by atoms with van der Waals surface area (Å²) in [6.07, 6.45) is 0. The molecule has 3 aromatic rings. The molecular formula is C17H18N4O2S. The topological polar surface area (TPSA) is 59.7 Å². The molecule has 0 radical (unpaired) electrons. The molecule has 0 N–H and O–H groups in total. The smallest absolute Gasteiger partial charge is 0.270 e. The van der Waals surface area contributed by atoms with Gasteiger partial charge in [-0.05, 0) is 19.1 Å². The van der Waals surface area contributed by atoms with Crippen molar-refractivity contribution in [2.45, 2.75) is 26.7 Å². The van der Waals surface area contributed by atoms with Gasteiger partial charge in [0.15, 0.2) is 0 Å². The highest BCUT2D eigenvalue weighted by atomic mass is 32.1. The summed E-state index contributed by atoms with van der Waals surface area (Å²) in [5, 5.41) is 8.47. The average Bonchev–Trinajstić information content (AvgIpc) is 3.14. The van der Waals surface area contributed by atoms with Crippen molar-refractivity contribution in [3.05, 3.63) is 40.7 Å². The second kappa shape index (κ2) is 5.59. The number of benzene rings is 1. The number of anilines is 1. The molecule has 0 atom stereocenters. The molecule has 2 aromatic heterocycles. The molecule has 4 rings (SSSR count). The summed E-state index contributed by atoms with van der Waals surface area (Å²) >= 11 is 1.40. The third-order valence-electron chi connectivity index (χ3n) is 4.20. The van der Waals surface area contributed by atoms with Crippen molar-refractivity contribution >= 4 is 27.9 Å². The van der Waals surface area contributed by atoms with E-state index in [-0.39, 0.29) is 11.8 Å². The maximum Gasteiger partial charge on any atom is 0.270 e.